The van der Waals surface area contributed by atoms with E-state index in [1.165, 1.54) is 6.07 Å². The average molecular weight is 279 g/mol. The summed E-state index contributed by atoms with van der Waals surface area (Å²) in [5.74, 6) is -0.297. The minimum atomic E-state index is -0.655. The van der Waals surface area contributed by atoms with Gasteiger partial charge in [-0.2, -0.15) is 0 Å². The zero-order valence-corrected chi connectivity index (χ0v) is 12.5. The van der Waals surface area contributed by atoms with E-state index in [4.69, 9.17) is 5.73 Å². The molecule has 0 fully saturated rings. The quantitative estimate of drug-likeness (QED) is 0.656. The summed E-state index contributed by atoms with van der Waals surface area (Å²) in [5.41, 5.74) is 7.27. The number of nitrogens with two attached hydrogens (primary N) is 1. The standard InChI is InChI=1S/C14H21N3O3/c1-8-7-11(17(19)20)9(2)6-10(8)16-13(18)12(15)14(3,4)5/h6-7,12H,15H2,1-5H3,(H,16,18). The van der Waals surface area contributed by atoms with Crippen molar-refractivity contribution in [2.75, 3.05) is 5.32 Å². The number of carbonyl (C=O) groups is 1. The molecule has 0 heterocycles. The second-order valence-electron chi connectivity index (χ2n) is 6.04. The molecule has 0 radical (unpaired) electrons. The zero-order chi connectivity index (χ0) is 15.7. The highest BCUT2D eigenvalue weighted by Crippen LogP contribution is 2.27. The molecule has 1 atom stereocenters. The van der Waals surface area contributed by atoms with Crippen molar-refractivity contribution in [2.24, 2.45) is 11.1 Å². The van der Waals surface area contributed by atoms with Crippen LogP contribution in [0.25, 0.3) is 0 Å². The molecule has 1 unspecified atom stereocenters. The molecule has 0 aromatic heterocycles. The van der Waals surface area contributed by atoms with Crippen molar-refractivity contribution < 1.29 is 9.72 Å². The summed E-state index contributed by atoms with van der Waals surface area (Å²) >= 11 is 0. The van der Waals surface area contributed by atoms with Gasteiger partial charge in [0.25, 0.3) is 5.69 Å². The third kappa shape index (κ3) is 3.54. The number of benzene rings is 1. The van der Waals surface area contributed by atoms with E-state index in [1.807, 2.05) is 20.8 Å². The van der Waals surface area contributed by atoms with Crippen LogP contribution in [0.3, 0.4) is 0 Å². The normalized spacial score (nSPS) is 12.9. The van der Waals surface area contributed by atoms with Crippen LogP contribution in [0.15, 0.2) is 12.1 Å². The molecule has 1 rings (SSSR count). The SMILES string of the molecule is Cc1cc([N+](=O)[O-])c(C)cc1NC(=O)C(N)C(C)(C)C. The molecule has 1 amide bonds. The number of anilines is 1. The van der Waals surface area contributed by atoms with Crippen LogP contribution in [0.1, 0.15) is 31.9 Å². The van der Waals surface area contributed by atoms with Gasteiger partial charge in [0.15, 0.2) is 0 Å². The van der Waals surface area contributed by atoms with Crippen molar-refractivity contribution in [3.05, 3.63) is 33.4 Å². The van der Waals surface area contributed by atoms with Crippen LogP contribution in [0.4, 0.5) is 11.4 Å². The largest absolute Gasteiger partial charge is 0.324 e. The van der Waals surface area contributed by atoms with Gasteiger partial charge < -0.3 is 11.1 Å². The summed E-state index contributed by atoms with van der Waals surface area (Å²) in [6.45, 7) is 8.99. The van der Waals surface area contributed by atoms with Crippen LogP contribution in [-0.4, -0.2) is 16.9 Å². The lowest BCUT2D eigenvalue weighted by atomic mass is 9.87. The fourth-order valence-electron chi connectivity index (χ4n) is 1.74. The predicted molar refractivity (Wildman–Crippen MR) is 78.6 cm³/mol. The second-order valence-corrected chi connectivity index (χ2v) is 6.04. The fraction of sp³-hybridized carbons (Fsp3) is 0.500. The third-order valence-electron chi connectivity index (χ3n) is 3.21. The van der Waals surface area contributed by atoms with E-state index < -0.39 is 11.0 Å². The van der Waals surface area contributed by atoms with Crippen molar-refractivity contribution >= 4 is 17.3 Å². The summed E-state index contributed by atoms with van der Waals surface area (Å²) in [7, 11) is 0. The lowest BCUT2D eigenvalue weighted by Gasteiger charge is -2.26. The minimum absolute atomic E-state index is 0.0422. The molecule has 3 N–H and O–H groups in total. The molecular weight excluding hydrogens is 258 g/mol. The first-order chi connectivity index (χ1) is 9.04. The van der Waals surface area contributed by atoms with Crippen LogP contribution < -0.4 is 11.1 Å². The van der Waals surface area contributed by atoms with Crippen molar-refractivity contribution in [2.45, 2.75) is 40.7 Å². The van der Waals surface area contributed by atoms with Crippen LogP contribution in [0.2, 0.25) is 0 Å². The lowest BCUT2D eigenvalue weighted by Crippen LogP contribution is -2.45. The molecule has 6 heteroatoms. The minimum Gasteiger partial charge on any atom is -0.324 e. The van der Waals surface area contributed by atoms with E-state index in [1.54, 1.807) is 19.9 Å². The molecule has 6 nitrogen and oxygen atoms in total. The molecule has 0 spiro atoms. The smallest absolute Gasteiger partial charge is 0.272 e. The van der Waals surface area contributed by atoms with Gasteiger partial charge in [-0.05, 0) is 30.9 Å². The number of nitrogens with zero attached hydrogens (tertiary/aromatic N) is 1. The Bertz CT molecular complexity index is 547. The van der Waals surface area contributed by atoms with Gasteiger partial charge in [-0.1, -0.05) is 20.8 Å². The number of hydrogen-bond acceptors (Lipinski definition) is 4. The van der Waals surface area contributed by atoms with Crippen molar-refractivity contribution in [3.8, 4) is 0 Å². The van der Waals surface area contributed by atoms with Gasteiger partial charge in [0.05, 0.1) is 11.0 Å². The molecule has 20 heavy (non-hydrogen) atoms. The summed E-state index contributed by atoms with van der Waals surface area (Å²) < 4.78 is 0. The highest BCUT2D eigenvalue weighted by atomic mass is 16.6. The highest BCUT2D eigenvalue weighted by molar-refractivity contribution is 5.96. The van der Waals surface area contributed by atoms with Crippen molar-refractivity contribution in [1.82, 2.24) is 0 Å². The first kappa shape index (κ1) is 16.1. The summed E-state index contributed by atoms with van der Waals surface area (Å²) in [4.78, 5) is 22.5. The van der Waals surface area contributed by atoms with Crippen LogP contribution in [0.5, 0.6) is 0 Å². The van der Waals surface area contributed by atoms with Gasteiger partial charge in [-0.15, -0.1) is 0 Å². The lowest BCUT2D eigenvalue weighted by molar-refractivity contribution is -0.385. The Labute approximate surface area is 118 Å². The maximum absolute atomic E-state index is 12.1. The van der Waals surface area contributed by atoms with E-state index in [2.05, 4.69) is 5.32 Å². The van der Waals surface area contributed by atoms with E-state index >= 15 is 0 Å². The summed E-state index contributed by atoms with van der Waals surface area (Å²) in [5, 5.41) is 13.6. The predicted octanol–water partition coefficient (Wildman–Crippen LogP) is 2.52. The molecule has 110 valence electrons. The van der Waals surface area contributed by atoms with Crippen molar-refractivity contribution in [1.29, 1.82) is 0 Å². The molecule has 1 aromatic carbocycles. The van der Waals surface area contributed by atoms with Gasteiger partial charge in [-0.25, -0.2) is 0 Å². The number of hydrogen-bond donors (Lipinski definition) is 2. The molecule has 0 saturated heterocycles. The molecule has 0 bridgehead atoms. The number of rotatable bonds is 3. The second kappa shape index (κ2) is 5.58. The van der Waals surface area contributed by atoms with Crippen LogP contribution in [-0.2, 0) is 4.79 Å². The fourth-order valence-corrected chi connectivity index (χ4v) is 1.74. The van der Waals surface area contributed by atoms with Gasteiger partial charge >= 0.3 is 0 Å². The molecule has 0 aliphatic rings. The Morgan fingerprint density at radius 3 is 2.30 bits per heavy atom. The van der Waals surface area contributed by atoms with Gasteiger partial charge in [-0.3, -0.25) is 14.9 Å². The monoisotopic (exact) mass is 279 g/mol. The summed E-state index contributed by atoms with van der Waals surface area (Å²) in [6, 6.07) is 2.39. The Hall–Kier alpha value is -1.95. The maximum Gasteiger partial charge on any atom is 0.272 e. The number of aryl methyl sites for hydroxylation is 2. The first-order valence-corrected chi connectivity index (χ1v) is 6.36. The zero-order valence-electron chi connectivity index (χ0n) is 12.5. The first-order valence-electron chi connectivity index (χ1n) is 6.36. The van der Waals surface area contributed by atoms with E-state index in [0.717, 1.165) is 0 Å². The van der Waals surface area contributed by atoms with E-state index in [0.29, 0.717) is 16.8 Å². The summed E-state index contributed by atoms with van der Waals surface area (Å²) in [6.07, 6.45) is 0. The Morgan fingerprint density at radius 1 is 1.30 bits per heavy atom. The molecule has 0 aliphatic carbocycles. The number of amides is 1. The molecule has 0 saturated carbocycles. The molecule has 1 aromatic rings. The Morgan fingerprint density at radius 2 is 1.85 bits per heavy atom. The number of nitro groups is 1. The highest BCUT2D eigenvalue weighted by Gasteiger charge is 2.28. The van der Waals surface area contributed by atoms with Gasteiger partial charge in [0.2, 0.25) is 5.91 Å². The van der Waals surface area contributed by atoms with E-state index in [-0.39, 0.29) is 17.0 Å². The average Bonchev–Trinajstić information content (AvgIpc) is 2.30. The van der Waals surface area contributed by atoms with Crippen molar-refractivity contribution in [3.63, 3.8) is 0 Å². The van der Waals surface area contributed by atoms with E-state index in [9.17, 15) is 14.9 Å². The number of nitro benzene ring substituents is 1. The topological polar surface area (TPSA) is 98.3 Å². The van der Waals surface area contributed by atoms with Gasteiger partial charge in [0, 0.05) is 17.3 Å². The number of nitrogens with one attached hydrogen (secondary N) is 1. The van der Waals surface area contributed by atoms with Crippen LogP contribution in [0, 0.1) is 29.4 Å². The third-order valence-corrected chi connectivity index (χ3v) is 3.21. The van der Waals surface area contributed by atoms with Gasteiger partial charge in [0.1, 0.15) is 0 Å². The molecular formula is C14H21N3O3. The maximum atomic E-state index is 12.1. The molecule has 0 aliphatic heterocycles. The Balaban J connectivity index is 3.03. The Kier molecular flexibility index (Phi) is 4.50. The number of carbonyl (C=O) groups excluding carboxylic acids is 1. The van der Waals surface area contributed by atoms with Crippen LogP contribution >= 0.6 is 0 Å².